The van der Waals surface area contributed by atoms with Crippen LogP contribution in [0.15, 0.2) is 12.3 Å². The Bertz CT molecular complexity index is 291. The fraction of sp³-hybridized carbons (Fsp3) is 0.750. The first kappa shape index (κ1) is 9.75. The van der Waals surface area contributed by atoms with E-state index in [1.54, 1.807) is 12.3 Å². The van der Waals surface area contributed by atoms with E-state index < -0.39 is 0 Å². The maximum Gasteiger partial charge on any atom is 0.162 e. The summed E-state index contributed by atoms with van der Waals surface area (Å²) in [5.74, 6) is 0.687. The van der Waals surface area contributed by atoms with Crippen LogP contribution in [0.4, 0.5) is 0 Å². The van der Waals surface area contributed by atoms with Crippen LogP contribution < -0.4 is 0 Å². The Morgan fingerprint density at radius 2 is 2.21 bits per heavy atom. The van der Waals surface area contributed by atoms with E-state index in [1.165, 1.54) is 0 Å². The molecule has 14 heavy (non-hydrogen) atoms. The average molecular weight is 194 g/mol. The van der Waals surface area contributed by atoms with Crippen molar-refractivity contribution in [3.8, 4) is 0 Å². The molecule has 1 spiro atoms. The van der Waals surface area contributed by atoms with Gasteiger partial charge in [0.25, 0.3) is 0 Å². The van der Waals surface area contributed by atoms with Crippen LogP contribution in [0.2, 0.25) is 0 Å². The van der Waals surface area contributed by atoms with Gasteiger partial charge >= 0.3 is 0 Å². The van der Waals surface area contributed by atoms with Gasteiger partial charge < -0.3 is 4.74 Å². The van der Waals surface area contributed by atoms with Crippen LogP contribution in [0, 0.1) is 11.3 Å². The third-order valence-electron chi connectivity index (χ3n) is 3.56. The second kappa shape index (κ2) is 2.85. The second-order valence-corrected chi connectivity index (χ2v) is 5.57. The van der Waals surface area contributed by atoms with Crippen LogP contribution in [0.1, 0.15) is 40.0 Å². The molecule has 0 saturated heterocycles. The third-order valence-corrected chi connectivity index (χ3v) is 3.56. The van der Waals surface area contributed by atoms with E-state index in [4.69, 9.17) is 4.74 Å². The largest absolute Gasteiger partial charge is 0.494 e. The molecule has 0 amide bonds. The zero-order chi connectivity index (χ0) is 10.4. The standard InChI is InChI=1S/C12H18O2/c1-9-6-11(2,3)8-12(9)7-10(13)4-5-14-12/h4-5,9H,6-8H2,1-3H3. The molecule has 1 aliphatic carbocycles. The molecule has 2 unspecified atom stereocenters. The summed E-state index contributed by atoms with van der Waals surface area (Å²) >= 11 is 0. The summed E-state index contributed by atoms with van der Waals surface area (Å²) < 4.78 is 5.74. The highest BCUT2D eigenvalue weighted by atomic mass is 16.5. The first-order chi connectivity index (χ1) is 6.44. The van der Waals surface area contributed by atoms with Gasteiger partial charge in [0.15, 0.2) is 5.78 Å². The summed E-state index contributed by atoms with van der Waals surface area (Å²) in [6.07, 6.45) is 5.84. The van der Waals surface area contributed by atoms with Crippen molar-refractivity contribution >= 4 is 5.78 Å². The minimum absolute atomic E-state index is 0.199. The fourth-order valence-electron chi connectivity index (χ4n) is 3.11. The van der Waals surface area contributed by atoms with Crippen LogP contribution in [-0.4, -0.2) is 11.4 Å². The van der Waals surface area contributed by atoms with Gasteiger partial charge in [0.05, 0.1) is 12.7 Å². The Balaban J connectivity index is 2.25. The van der Waals surface area contributed by atoms with Crippen LogP contribution >= 0.6 is 0 Å². The van der Waals surface area contributed by atoms with E-state index in [0.717, 1.165) is 12.8 Å². The van der Waals surface area contributed by atoms with Gasteiger partial charge in [-0.25, -0.2) is 0 Å². The van der Waals surface area contributed by atoms with Crippen LogP contribution in [-0.2, 0) is 9.53 Å². The third kappa shape index (κ3) is 1.47. The van der Waals surface area contributed by atoms with Crippen molar-refractivity contribution in [1.82, 2.24) is 0 Å². The van der Waals surface area contributed by atoms with Crippen LogP contribution in [0.5, 0.6) is 0 Å². The van der Waals surface area contributed by atoms with Gasteiger partial charge in [-0.05, 0) is 24.2 Å². The molecular weight excluding hydrogens is 176 g/mol. The van der Waals surface area contributed by atoms with Crippen molar-refractivity contribution in [2.24, 2.45) is 11.3 Å². The monoisotopic (exact) mass is 194 g/mol. The molecule has 2 aliphatic rings. The molecule has 0 aromatic rings. The zero-order valence-corrected chi connectivity index (χ0v) is 9.17. The second-order valence-electron chi connectivity index (χ2n) is 5.57. The Morgan fingerprint density at radius 1 is 1.50 bits per heavy atom. The van der Waals surface area contributed by atoms with Crippen molar-refractivity contribution in [3.63, 3.8) is 0 Å². The lowest BCUT2D eigenvalue weighted by molar-refractivity contribution is -0.124. The maximum atomic E-state index is 11.4. The lowest BCUT2D eigenvalue weighted by atomic mass is 9.84. The molecule has 1 heterocycles. The molecule has 1 fully saturated rings. The maximum absolute atomic E-state index is 11.4. The van der Waals surface area contributed by atoms with Gasteiger partial charge in [-0.15, -0.1) is 0 Å². The van der Waals surface area contributed by atoms with E-state index in [0.29, 0.717) is 17.8 Å². The highest BCUT2D eigenvalue weighted by molar-refractivity contribution is 5.91. The molecule has 0 bridgehead atoms. The van der Waals surface area contributed by atoms with Gasteiger partial charge in [-0.2, -0.15) is 0 Å². The minimum atomic E-state index is -0.199. The lowest BCUT2D eigenvalue weighted by Gasteiger charge is -2.35. The molecule has 78 valence electrons. The van der Waals surface area contributed by atoms with E-state index in [-0.39, 0.29) is 11.4 Å². The van der Waals surface area contributed by atoms with E-state index in [9.17, 15) is 4.79 Å². The van der Waals surface area contributed by atoms with Crippen molar-refractivity contribution < 1.29 is 9.53 Å². The summed E-state index contributed by atoms with van der Waals surface area (Å²) in [6, 6.07) is 0. The van der Waals surface area contributed by atoms with Crippen LogP contribution in [0.25, 0.3) is 0 Å². The van der Waals surface area contributed by atoms with Crippen molar-refractivity contribution in [2.45, 2.75) is 45.6 Å². The molecule has 2 heteroatoms. The SMILES string of the molecule is CC1CC(C)(C)CC12CC(=O)C=CO2. The molecule has 2 atom stereocenters. The molecule has 0 aromatic heterocycles. The Labute approximate surface area is 85.3 Å². The quantitative estimate of drug-likeness (QED) is 0.592. The topological polar surface area (TPSA) is 26.3 Å². The van der Waals surface area contributed by atoms with Gasteiger partial charge in [-0.1, -0.05) is 20.8 Å². The summed E-state index contributed by atoms with van der Waals surface area (Å²) in [6.45, 7) is 6.70. The minimum Gasteiger partial charge on any atom is -0.494 e. The predicted octanol–water partition coefficient (Wildman–Crippen LogP) is 2.68. The number of hydrogen-bond donors (Lipinski definition) is 0. The number of allylic oxidation sites excluding steroid dienone is 1. The number of ketones is 1. The normalized spacial score (nSPS) is 40.2. The summed E-state index contributed by atoms with van der Waals surface area (Å²) in [4.78, 5) is 11.4. The fourth-order valence-corrected chi connectivity index (χ4v) is 3.11. The van der Waals surface area contributed by atoms with Crippen molar-refractivity contribution in [2.75, 3.05) is 0 Å². The summed E-state index contributed by atoms with van der Waals surface area (Å²) in [7, 11) is 0. The lowest BCUT2D eigenvalue weighted by Crippen LogP contribution is -2.38. The predicted molar refractivity (Wildman–Crippen MR) is 54.8 cm³/mol. The average Bonchev–Trinajstić information content (AvgIpc) is 2.20. The van der Waals surface area contributed by atoms with Gasteiger partial charge in [0, 0.05) is 6.08 Å². The van der Waals surface area contributed by atoms with E-state index in [1.807, 2.05) is 0 Å². The smallest absolute Gasteiger partial charge is 0.162 e. The highest BCUT2D eigenvalue weighted by Crippen LogP contribution is 2.52. The Hall–Kier alpha value is -0.790. The number of hydrogen-bond acceptors (Lipinski definition) is 2. The highest BCUT2D eigenvalue weighted by Gasteiger charge is 2.51. The van der Waals surface area contributed by atoms with Gasteiger partial charge in [0.2, 0.25) is 0 Å². The van der Waals surface area contributed by atoms with Gasteiger partial charge in [0.1, 0.15) is 5.60 Å². The summed E-state index contributed by atoms with van der Waals surface area (Å²) in [5, 5.41) is 0. The molecule has 0 N–H and O–H groups in total. The van der Waals surface area contributed by atoms with E-state index in [2.05, 4.69) is 20.8 Å². The number of carbonyl (C=O) groups is 1. The number of carbonyl (C=O) groups excluding carboxylic acids is 1. The molecule has 2 nitrogen and oxygen atoms in total. The molecule has 1 aliphatic heterocycles. The van der Waals surface area contributed by atoms with Crippen molar-refractivity contribution in [1.29, 1.82) is 0 Å². The van der Waals surface area contributed by atoms with Crippen molar-refractivity contribution in [3.05, 3.63) is 12.3 Å². The van der Waals surface area contributed by atoms with Crippen LogP contribution in [0.3, 0.4) is 0 Å². The summed E-state index contributed by atoms with van der Waals surface area (Å²) in [5.41, 5.74) is 0.111. The first-order valence-corrected chi connectivity index (χ1v) is 5.31. The first-order valence-electron chi connectivity index (χ1n) is 5.31. The molecular formula is C12H18O2. The number of ether oxygens (including phenoxy) is 1. The molecule has 1 saturated carbocycles. The Kier molecular flexibility index (Phi) is 1.98. The zero-order valence-electron chi connectivity index (χ0n) is 9.17. The van der Waals surface area contributed by atoms with E-state index >= 15 is 0 Å². The molecule has 2 rings (SSSR count). The van der Waals surface area contributed by atoms with Gasteiger partial charge in [-0.3, -0.25) is 4.79 Å². The molecule has 0 aromatic carbocycles. The molecule has 0 radical (unpaired) electrons. The Morgan fingerprint density at radius 3 is 2.71 bits per heavy atom. The number of rotatable bonds is 0.